The molecule has 0 aliphatic heterocycles. The molecule has 0 bridgehead atoms. The van der Waals surface area contributed by atoms with Crippen LogP contribution in [0.1, 0.15) is 33.4 Å². The Hall–Kier alpha value is -3.17. The fraction of sp³-hybridized carbons (Fsp3) is 0.238. The van der Waals surface area contributed by atoms with E-state index in [0.29, 0.717) is 16.7 Å². The SMILES string of the molecule is CCOC(=O)c1c(C)oc2ccc(OC(=O)c3ccc(S(=O)(=O)N(C)C)cc3)cc12. The first-order chi connectivity index (χ1) is 14.1. The summed E-state index contributed by atoms with van der Waals surface area (Å²) in [6.07, 6.45) is 0. The lowest BCUT2D eigenvalue weighted by Gasteiger charge is -2.11. The van der Waals surface area contributed by atoms with Crippen molar-refractivity contribution < 1.29 is 31.9 Å². The van der Waals surface area contributed by atoms with Crippen LogP contribution >= 0.6 is 0 Å². The lowest BCUT2D eigenvalue weighted by Crippen LogP contribution is -2.22. The second-order valence-electron chi connectivity index (χ2n) is 6.61. The Bertz CT molecular complexity index is 1210. The molecule has 0 unspecified atom stereocenters. The molecule has 0 saturated carbocycles. The Balaban J connectivity index is 1.86. The molecule has 3 aromatic rings. The molecule has 30 heavy (non-hydrogen) atoms. The lowest BCUT2D eigenvalue weighted by molar-refractivity contribution is 0.0526. The van der Waals surface area contributed by atoms with E-state index in [2.05, 4.69) is 0 Å². The average Bonchev–Trinajstić information content (AvgIpc) is 3.03. The van der Waals surface area contributed by atoms with Gasteiger partial charge in [0.05, 0.1) is 17.1 Å². The molecule has 0 fully saturated rings. The van der Waals surface area contributed by atoms with Gasteiger partial charge in [0.15, 0.2) is 0 Å². The Morgan fingerprint density at radius 2 is 1.70 bits per heavy atom. The van der Waals surface area contributed by atoms with Crippen LogP contribution in [0, 0.1) is 6.92 Å². The number of esters is 2. The first kappa shape index (κ1) is 21.5. The van der Waals surface area contributed by atoms with Gasteiger partial charge in [0.1, 0.15) is 22.7 Å². The standard InChI is InChI=1S/C21H21NO7S/c1-5-27-21(24)19-13(2)28-18-11-8-15(12-17(18)19)29-20(23)14-6-9-16(10-7-14)30(25,26)22(3)4/h6-12H,5H2,1-4H3. The number of sulfonamides is 1. The molecule has 158 valence electrons. The van der Waals surface area contributed by atoms with E-state index in [9.17, 15) is 18.0 Å². The molecule has 2 aromatic carbocycles. The van der Waals surface area contributed by atoms with Gasteiger partial charge in [-0.1, -0.05) is 0 Å². The van der Waals surface area contributed by atoms with E-state index in [1.54, 1.807) is 26.0 Å². The summed E-state index contributed by atoms with van der Waals surface area (Å²) in [6.45, 7) is 3.58. The summed E-state index contributed by atoms with van der Waals surface area (Å²) in [5.74, 6) is -0.565. The topological polar surface area (TPSA) is 103 Å². The van der Waals surface area contributed by atoms with Crippen molar-refractivity contribution in [2.75, 3.05) is 20.7 Å². The van der Waals surface area contributed by atoms with Crippen LogP contribution in [0.4, 0.5) is 0 Å². The van der Waals surface area contributed by atoms with Gasteiger partial charge >= 0.3 is 11.9 Å². The average molecular weight is 431 g/mol. The molecule has 3 rings (SSSR count). The van der Waals surface area contributed by atoms with Gasteiger partial charge in [-0.3, -0.25) is 0 Å². The number of hydrogen-bond acceptors (Lipinski definition) is 7. The van der Waals surface area contributed by atoms with E-state index in [1.807, 2.05) is 0 Å². The highest BCUT2D eigenvalue weighted by Crippen LogP contribution is 2.30. The van der Waals surface area contributed by atoms with Gasteiger partial charge in [-0.25, -0.2) is 22.3 Å². The van der Waals surface area contributed by atoms with E-state index < -0.39 is 22.0 Å². The summed E-state index contributed by atoms with van der Waals surface area (Å²) in [7, 11) is -0.738. The second-order valence-corrected chi connectivity index (χ2v) is 8.76. The zero-order valence-electron chi connectivity index (χ0n) is 17.0. The number of furan rings is 1. The molecule has 0 aliphatic carbocycles. The molecule has 1 heterocycles. The van der Waals surface area contributed by atoms with Crippen molar-refractivity contribution in [3.8, 4) is 5.75 Å². The van der Waals surface area contributed by atoms with Crippen LogP contribution in [0.2, 0.25) is 0 Å². The first-order valence-electron chi connectivity index (χ1n) is 9.10. The number of carbonyl (C=O) groups is 2. The Morgan fingerprint density at radius 3 is 2.30 bits per heavy atom. The Morgan fingerprint density at radius 1 is 1.03 bits per heavy atom. The maximum Gasteiger partial charge on any atom is 0.343 e. The molecular weight excluding hydrogens is 410 g/mol. The first-order valence-corrected chi connectivity index (χ1v) is 10.5. The second kappa shape index (κ2) is 8.29. The van der Waals surface area contributed by atoms with Crippen LogP contribution in [0.3, 0.4) is 0 Å². The summed E-state index contributed by atoms with van der Waals surface area (Å²) >= 11 is 0. The van der Waals surface area contributed by atoms with Crippen LogP contribution in [-0.2, 0) is 14.8 Å². The number of ether oxygens (including phenoxy) is 2. The van der Waals surface area contributed by atoms with Crippen molar-refractivity contribution in [1.29, 1.82) is 0 Å². The maximum absolute atomic E-state index is 12.5. The highest BCUT2D eigenvalue weighted by molar-refractivity contribution is 7.89. The number of aryl methyl sites for hydroxylation is 1. The molecule has 0 saturated heterocycles. The Labute approximate surface area is 174 Å². The van der Waals surface area contributed by atoms with Crippen LogP contribution in [-0.4, -0.2) is 45.4 Å². The number of carbonyl (C=O) groups excluding carboxylic acids is 2. The van der Waals surface area contributed by atoms with E-state index in [-0.39, 0.29) is 28.4 Å². The fourth-order valence-electron chi connectivity index (χ4n) is 2.86. The van der Waals surface area contributed by atoms with Crippen molar-refractivity contribution in [1.82, 2.24) is 4.31 Å². The summed E-state index contributed by atoms with van der Waals surface area (Å²) in [6, 6.07) is 10.1. The third-order valence-electron chi connectivity index (χ3n) is 4.39. The summed E-state index contributed by atoms with van der Waals surface area (Å²) in [4.78, 5) is 24.8. The predicted octanol–water partition coefficient (Wildman–Crippen LogP) is 3.39. The minimum absolute atomic E-state index is 0.0680. The molecular formula is C21H21NO7S. The molecule has 1 aromatic heterocycles. The van der Waals surface area contributed by atoms with E-state index in [1.165, 1.54) is 44.4 Å². The van der Waals surface area contributed by atoms with Gasteiger partial charge in [0.25, 0.3) is 0 Å². The summed E-state index contributed by atoms with van der Waals surface area (Å²) in [5, 5.41) is 0.476. The van der Waals surface area contributed by atoms with Crippen LogP contribution in [0.25, 0.3) is 11.0 Å². The van der Waals surface area contributed by atoms with E-state index in [4.69, 9.17) is 13.9 Å². The van der Waals surface area contributed by atoms with Crippen molar-refractivity contribution in [3.05, 3.63) is 59.4 Å². The molecule has 0 amide bonds. The zero-order valence-corrected chi connectivity index (χ0v) is 17.8. The minimum atomic E-state index is -3.59. The molecule has 0 N–H and O–H groups in total. The zero-order chi connectivity index (χ0) is 22.1. The minimum Gasteiger partial charge on any atom is -0.462 e. The molecule has 8 nitrogen and oxygen atoms in total. The molecule has 0 spiro atoms. The monoisotopic (exact) mass is 431 g/mol. The number of hydrogen-bond donors (Lipinski definition) is 0. The van der Waals surface area contributed by atoms with Crippen molar-refractivity contribution in [3.63, 3.8) is 0 Å². The smallest absolute Gasteiger partial charge is 0.343 e. The van der Waals surface area contributed by atoms with Gasteiger partial charge in [-0.15, -0.1) is 0 Å². The molecule has 9 heteroatoms. The van der Waals surface area contributed by atoms with Crippen LogP contribution in [0.5, 0.6) is 5.75 Å². The third kappa shape index (κ3) is 4.07. The maximum atomic E-state index is 12.5. The fourth-order valence-corrected chi connectivity index (χ4v) is 3.76. The van der Waals surface area contributed by atoms with Crippen LogP contribution < -0.4 is 4.74 Å². The largest absolute Gasteiger partial charge is 0.462 e. The third-order valence-corrected chi connectivity index (χ3v) is 6.22. The normalized spacial score (nSPS) is 11.6. The number of nitrogens with zero attached hydrogens (tertiary/aromatic N) is 1. The predicted molar refractivity (Wildman–Crippen MR) is 109 cm³/mol. The highest BCUT2D eigenvalue weighted by Gasteiger charge is 2.21. The molecule has 0 radical (unpaired) electrons. The van der Waals surface area contributed by atoms with Crippen LogP contribution in [0.15, 0.2) is 51.8 Å². The van der Waals surface area contributed by atoms with Gasteiger partial charge < -0.3 is 13.9 Å². The summed E-state index contributed by atoms with van der Waals surface area (Å²) in [5.41, 5.74) is 0.929. The number of benzene rings is 2. The van der Waals surface area contributed by atoms with E-state index >= 15 is 0 Å². The highest BCUT2D eigenvalue weighted by atomic mass is 32.2. The quantitative estimate of drug-likeness (QED) is 0.435. The van der Waals surface area contributed by atoms with Gasteiger partial charge in [0.2, 0.25) is 10.0 Å². The molecule has 0 atom stereocenters. The van der Waals surface area contributed by atoms with Crippen molar-refractivity contribution >= 4 is 32.9 Å². The molecule has 0 aliphatic rings. The Kier molecular flexibility index (Phi) is 5.95. The van der Waals surface area contributed by atoms with Gasteiger partial charge in [-0.05, 0) is 56.3 Å². The number of rotatable bonds is 6. The summed E-state index contributed by atoms with van der Waals surface area (Å²) < 4.78 is 41.4. The van der Waals surface area contributed by atoms with Gasteiger partial charge in [0, 0.05) is 19.5 Å². The van der Waals surface area contributed by atoms with Gasteiger partial charge in [-0.2, -0.15) is 0 Å². The van der Waals surface area contributed by atoms with E-state index in [0.717, 1.165) is 4.31 Å². The van der Waals surface area contributed by atoms with Crippen molar-refractivity contribution in [2.45, 2.75) is 18.7 Å². The van der Waals surface area contributed by atoms with Crippen molar-refractivity contribution in [2.24, 2.45) is 0 Å². The lowest BCUT2D eigenvalue weighted by atomic mass is 10.1. The number of fused-ring (bicyclic) bond motifs is 1.